The topological polar surface area (TPSA) is 77.1 Å². The van der Waals surface area contributed by atoms with Gasteiger partial charge in [0.1, 0.15) is 0 Å². The van der Waals surface area contributed by atoms with E-state index in [9.17, 15) is 9.59 Å². The fraction of sp³-hybridized carbons (Fsp3) is 0.286. The minimum absolute atomic E-state index is 0.0137. The van der Waals surface area contributed by atoms with Crippen molar-refractivity contribution in [3.8, 4) is 0 Å². The third-order valence-corrected chi connectivity index (χ3v) is 3.67. The summed E-state index contributed by atoms with van der Waals surface area (Å²) in [5.41, 5.74) is 8.05. The molecule has 0 bridgehead atoms. The van der Waals surface area contributed by atoms with Gasteiger partial charge in [0.2, 0.25) is 5.91 Å². The standard InChI is InChI=1S/C14H17N3O2S/c1-10-9-11(15)4-5-12(10)16-13(18)3-2-6-17-7-8-20-14(17)19/h4-5,7-9H,2-3,6,15H2,1H3,(H,16,18). The van der Waals surface area contributed by atoms with Crippen LogP contribution >= 0.6 is 11.3 Å². The van der Waals surface area contributed by atoms with Crippen LogP contribution in [0.2, 0.25) is 0 Å². The third kappa shape index (κ3) is 3.71. The maximum atomic E-state index is 11.8. The van der Waals surface area contributed by atoms with Gasteiger partial charge in [-0.1, -0.05) is 11.3 Å². The van der Waals surface area contributed by atoms with E-state index in [0.717, 1.165) is 22.6 Å². The Morgan fingerprint density at radius 2 is 2.25 bits per heavy atom. The number of amides is 1. The number of hydrogen-bond acceptors (Lipinski definition) is 4. The Balaban J connectivity index is 1.84. The van der Waals surface area contributed by atoms with Gasteiger partial charge in [-0.05, 0) is 37.1 Å². The molecule has 106 valence electrons. The summed E-state index contributed by atoms with van der Waals surface area (Å²) < 4.78 is 1.62. The van der Waals surface area contributed by atoms with Gasteiger partial charge in [0.05, 0.1) is 0 Å². The van der Waals surface area contributed by atoms with Gasteiger partial charge in [-0.3, -0.25) is 9.59 Å². The summed E-state index contributed by atoms with van der Waals surface area (Å²) >= 11 is 1.16. The van der Waals surface area contributed by atoms with Crippen LogP contribution in [0.3, 0.4) is 0 Å². The lowest BCUT2D eigenvalue weighted by atomic mass is 10.1. The van der Waals surface area contributed by atoms with Crippen molar-refractivity contribution in [3.05, 3.63) is 45.0 Å². The second-order valence-electron chi connectivity index (χ2n) is 4.59. The Kier molecular flexibility index (Phi) is 4.57. The lowest BCUT2D eigenvalue weighted by molar-refractivity contribution is -0.116. The average Bonchev–Trinajstić information content (AvgIpc) is 2.79. The number of nitrogens with one attached hydrogen (secondary N) is 1. The number of aromatic nitrogens is 1. The van der Waals surface area contributed by atoms with Gasteiger partial charge in [0, 0.05) is 35.9 Å². The fourth-order valence-electron chi connectivity index (χ4n) is 1.91. The Hall–Kier alpha value is -2.08. The zero-order chi connectivity index (χ0) is 14.5. The molecular formula is C14H17N3O2S. The van der Waals surface area contributed by atoms with Crippen molar-refractivity contribution in [2.24, 2.45) is 0 Å². The van der Waals surface area contributed by atoms with Crippen LogP contribution in [-0.4, -0.2) is 10.5 Å². The monoisotopic (exact) mass is 291 g/mol. The molecule has 1 aromatic heterocycles. The number of benzene rings is 1. The molecule has 1 aromatic carbocycles. The molecule has 2 aromatic rings. The van der Waals surface area contributed by atoms with Gasteiger partial charge in [0.15, 0.2) is 0 Å². The van der Waals surface area contributed by atoms with Crippen LogP contribution < -0.4 is 15.9 Å². The van der Waals surface area contributed by atoms with E-state index in [1.54, 1.807) is 28.3 Å². The molecule has 0 fully saturated rings. The summed E-state index contributed by atoms with van der Waals surface area (Å²) in [6.07, 6.45) is 2.76. The molecule has 0 spiro atoms. The summed E-state index contributed by atoms with van der Waals surface area (Å²) in [6.45, 7) is 2.47. The summed E-state index contributed by atoms with van der Waals surface area (Å²) in [5.74, 6) is -0.0545. The van der Waals surface area contributed by atoms with Crippen LogP contribution in [-0.2, 0) is 11.3 Å². The van der Waals surface area contributed by atoms with Crippen molar-refractivity contribution >= 4 is 28.6 Å². The Bertz CT molecular complexity index is 660. The Morgan fingerprint density at radius 3 is 2.90 bits per heavy atom. The first-order chi connectivity index (χ1) is 9.56. The maximum Gasteiger partial charge on any atom is 0.307 e. The minimum Gasteiger partial charge on any atom is -0.399 e. The average molecular weight is 291 g/mol. The van der Waals surface area contributed by atoms with Gasteiger partial charge in [-0.15, -0.1) is 0 Å². The largest absolute Gasteiger partial charge is 0.399 e. The van der Waals surface area contributed by atoms with E-state index in [2.05, 4.69) is 5.32 Å². The number of thiazole rings is 1. The molecule has 0 unspecified atom stereocenters. The van der Waals surface area contributed by atoms with Gasteiger partial charge >= 0.3 is 4.87 Å². The van der Waals surface area contributed by atoms with E-state index >= 15 is 0 Å². The molecule has 1 amide bonds. The Labute approximate surface area is 121 Å². The first-order valence-electron chi connectivity index (χ1n) is 6.36. The molecule has 5 nitrogen and oxygen atoms in total. The zero-order valence-electron chi connectivity index (χ0n) is 11.3. The second kappa shape index (κ2) is 6.38. The highest BCUT2D eigenvalue weighted by molar-refractivity contribution is 7.07. The Morgan fingerprint density at radius 1 is 1.45 bits per heavy atom. The molecule has 0 radical (unpaired) electrons. The van der Waals surface area contributed by atoms with E-state index in [4.69, 9.17) is 5.73 Å². The van der Waals surface area contributed by atoms with Crippen molar-refractivity contribution in [1.29, 1.82) is 0 Å². The van der Waals surface area contributed by atoms with Crippen LogP contribution in [0, 0.1) is 6.92 Å². The summed E-state index contributed by atoms with van der Waals surface area (Å²) in [4.78, 5) is 23.2. The van der Waals surface area contributed by atoms with E-state index in [-0.39, 0.29) is 10.8 Å². The van der Waals surface area contributed by atoms with Gasteiger partial charge in [-0.2, -0.15) is 0 Å². The molecule has 0 aliphatic heterocycles. The predicted octanol–water partition coefficient (Wildman–Crippen LogP) is 2.22. The SMILES string of the molecule is Cc1cc(N)ccc1NC(=O)CCCn1ccsc1=O. The van der Waals surface area contributed by atoms with Crippen molar-refractivity contribution in [2.75, 3.05) is 11.1 Å². The molecule has 20 heavy (non-hydrogen) atoms. The van der Waals surface area contributed by atoms with E-state index < -0.39 is 0 Å². The molecule has 0 atom stereocenters. The molecule has 0 aliphatic rings. The summed E-state index contributed by atoms with van der Waals surface area (Å²) in [5, 5.41) is 4.60. The van der Waals surface area contributed by atoms with Crippen molar-refractivity contribution in [1.82, 2.24) is 4.57 Å². The highest BCUT2D eigenvalue weighted by Gasteiger charge is 2.05. The number of hydrogen-bond donors (Lipinski definition) is 2. The molecule has 0 aliphatic carbocycles. The summed E-state index contributed by atoms with van der Waals surface area (Å²) in [6, 6.07) is 5.37. The highest BCUT2D eigenvalue weighted by atomic mass is 32.1. The van der Waals surface area contributed by atoms with Gasteiger partial charge in [0.25, 0.3) is 0 Å². The third-order valence-electron chi connectivity index (χ3n) is 2.97. The molecule has 2 rings (SSSR count). The molecule has 1 heterocycles. The number of nitrogen functional groups attached to an aromatic ring is 1. The number of carbonyl (C=O) groups excluding carboxylic acids is 1. The van der Waals surface area contributed by atoms with Crippen molar-refractivity contribution in [2.45, 2.75) is 26.3 Å². The second-order valence-corrected chi connectivity index (χ2v) is 5.45. The van der Waals surface area contributed by atoms with Crippen LogP contribution in [0.5, 0.6) is 0 Å². The fourth-order valence-corrected chi connectivity index (χ4v) is 2.52. The quantitative estimate of drug-likeness (QED) is 0.829. The van der Waals surface area contributed by atoms with E-state index in [1.165, 1.54) is 0 Å². The van der Waals surface area contributed by atoms with Gasteiger partial charge in [-0.25, -0.2) is 0 Å². The smallest absolute Gasteiger partial charge is 0.307 e. The van der Waals surface area contributed by atoms with Crippen LogP contribution in [0.1, 0.15) is 18.4 Å². The number of rotatable bonds is 5. The molecule has 0 saturated heterocycles. The van der Waals surface area contributed by atoms with Crippen LogP contribution in [0.4, 0.5) is 11.4 Å². The highest BCUT2D eigenvalue weighted by Crippen LogP contribution is 2.17. The first-order valence-corrected chi connectivity index (χ1v) is 7.24. The zero-order valence-corrected chi connectivity index (χ0v) is 12.1. The lowest BCUT2D eigenvalue weighted by Gasteiger charge is -2.09. The van der Waals surface area contributed by atoms with E-state index in [0.29, 0.717) is 25.1 Å². The minimum atomic E-state index is -0.0545. The molecule has 3 N–H and O–H groups in total. The normalized spacial score (nSPS) is 10.4. The number of aryl methyl sites for hydroxylation is 2. The van der Waals surface area contributed by atoms with Crippen molar-refractivity contribution in [3.63, 3.8) is 0 Å². The maximum absolute atomic E-state index is 11.8. The molecule has 0 saturated carbocycles. The number of nitrogens with two attached hydrogens (primary N) is 1. The molecular weight excluding hydrogens is 274 g/mol. The molecule has 6 heteroatoms. The first kappa shape index (κ1) is 14.3. The predicted molar refractivity (Wildman–Crippen MR) is 82.0 cm³/mol. The van der Waals surface area contributed by atoms with Crippen molar-refractivity contribution < 1.29 is 4.79 Å². The van der Waals surface area contributed by atoms with Gasteiger partial charge < -0.3 is 15.6 Å². The van der Waals surface area contributed by atoms with Crippen LogP contribution in [0.25, 0.3) is 0 Å². The number of nitrogens with zero attached hydrogens (tertiary/aromatic N) is 1. The van der Waals surface area contributed by atoms with E-state index in [1.807, 2.05) is 13.0 Å². The summed E-state index contributed by atoms with van der Waals surface area (Å²) in [7, 11) is 0. The lowest BCUT2D eigenvalue weighted by Crippen LogP contribution is -2.16. The van der Waals surface area contributed by atoms with Crippen LogP contribution in [0.15, 0.2) is 34.6 Å². The number of anilines is 2. The number of carbonyl (C=O) groups is 1.